The maximum atomic E-state index is 15.0. The zero-order valence-corrected chi connectivity index (χ0v) is 28.9. The summed E-state index contributed by atoms with van der Waals surface area (Å²) in [6.45, 7) is 0.216. The van der Waals surface area contributed by atoms with Crippen LogP contribution in [0, 0.1) is 29.6 Å². The SMILES string of the molecule is COc1cc(C=C[C@H]2C3=CC[C@@H]4C(=O)N(CCCCCC(=O)O)C(=O)[C@@H]4[C@@H]3C[C@H]3C(=O)C(c4ccccc4)=CC(=O)[C@@]23c2ccccc2)ccc1O. The van der Waals surface area contributed by atoms with Crippen LogP contribution in [0.3, 0.4) is 0 Å². The van der Waals surface area contributed by atoms with Gasteiger partial charge >= 0.3 is 5.97 Å². The molecule has 6 atom stereocenters. The van der Waals surface area contributed by atoms with E-state index in [0.29, 0.717) is 47.9 Å². The van der Waals surface area contributed by atoms with Gasteiger partial charge in [0.2, 0.25) is 11.8 Å². The summed E-state index contributed by atoms with van der Waals surface area (Å²) in [5, 5.41) is 19.3. The lowest BCUT2D eigenvalue weighted by Gasteiger charge is -2.54. The number of unbranched alkanes of at least 4 members (excludes halogenated alkanes) is 2. The summed E-state index contributed by atoms with van der Waals surface area (Å²) in [5.41, 5.74) is 1.95. The van der Waals surface area contributed by atoms with E-state index in [4.69, 9.17) is 9.84 Å². The van der Waals surface area contributed by atoms with Crippen molar-refractivity contribution >= 4 is 41.0 Å². The molecule has 266 valence electrons. The Labute approximate surface area is 302 Å². The molecular formula is C43H41NO8. The molecule has 9 heteroatoms. The molecule has 9 nitrogen and oxygen atoms in total. The Kier molecular flexibility index (Phi) is 9.53. The number of ether oxygens (including phenoxy) is 1. The zero-order chi connectivity index (χ0) is 36.6. The van der Waals surface area contributed by atoms with Gasteiger partial charge in [0.15, 0.2) is 23.1 Å². The van der Waals surface area contributed by atoms with Crippen molar-refractivity contribution in [3.63, 3.8) is 0 Å². The third-order valence-corrected chi connectivity index (χ3v) is 11.5. The van der Waals surface area contributed by atoms with E-state index in [1.807, 2.05) is 78.9 Å². The van der Waals surface area contributed by atoms with E-state index < -0.39 is 41.0 Å². The second-order valence-electron chi connectivity index (χ2n) is 14.2. The normalized spacial score (nSPS) is 26.8. The first-order valence-corrected chi connectivity index (χ1v) is 17.9. The molecule has 52 heavy (non-hydrogen) atoms. The minimum absolute atomic E-state index is 0.0123. The topological polar surface area (TPSA) is 138 Å². The molecule has 1 saturated carbocycles. The average Bonchev–Trinajstić information content (AvgIpc) is 3.40. The minimum atomic E-state index is -1.32. The maximum Gasteiger partial charge on any atom is 0.303 e. The van der Waals surface area contributed by atoms with Gasteiger partial charge in [-0.05, 0) is 66.5 Å². The number of hydrogen-bond donors (Lipinski definition) is 2. The summed E-state index contributed by atoms with van der Waals surface area (Å²) in [6, 6.07) is 23.5. The Morgan fingerprint density at radius 2 is 1.65 bits per heavy atom. The number of carbonyl (C=O) groups is 5. The summed E-state index contributed by atoms with van der Waals surface area (Å²) < 4.78 is 5.35. The van der Waals surface area contributed by atoms with Crippen molar-refractivity contribution in [3.8, 4) is 11.5 Å². The van der Waals surface area contributed by atoms with Crippen LogP contribution in [-0.4, -0.2) is 58.1 Å². The zero-order valence-electron chi connectivity index (χ0n) is 28.9. The van der Waals surface area contributed by atoms with E-state index in [1.165, 1.54) is 24.2 Å². The number of fused-ring (bicyclic) bond motifs is 4. The molecule has 2 N–H and O–H groups in total. The van der Waals surface area contributed by atoms with Crippen LogP contribution in [0.1, 0.15) is 55.2 Å². The Hall–Kier alpha value is -5.57. The molecule has 0 spiro atoms. The van der Waals surface area contributed by atoms with Crippen molar-refractivity contribution in [2.24, 2.45) is 29.6 Å². The highest BCUT2D eigenvalue weighted by molar-refractivity contribution is 6.31. The van der Waals surface area contributed by atoms with Crippen LogP contribution in [-0.2, 0) is 29.4 Å². The minimum Gasteiger partial charge on any atom is -0.504 e. The number of hydrogen-bond acceptors (Lipinski definition) is 7. The lowest BCUT2D eigenvalue weighted by molar-refractivity contribution is -0.141. The van der Waals surface area contributed by atoms with Gasteiger partial charge in [0.05, 0.1) is 24.4 Å². The Bertz CT molecular complexity index is 2010. The maximum absolute atomic E-state index is 15.0. The fraction of sp³-hybridized carbons (Fsp3) is 0.326. The lowest BCUT2D eigenvalue weighted by Crippen LogP contribution is -2.59. The first kappa shape index (κ1) is 34.9. The first-order valence-electron chi connectivity index (χ1n) is 17.9. The van der Waals surface area contributed by atoms with Crippen molar-refractivity contribution in [3.05, 3.63) is 119 Å². The lowest BCUT2D eigenvalue weighted by atomic mass is 9.45. The van der Waals surface area contributed by atoms with Crippen LogP contribution in [0.2, 0.25) is 0 Å². The van der Waals surface area contributed by atoms with Gasteiger partial charge in [-0.3, -0.25) is 28.9 Å². The van der Waals surface area contributed by atoms with Gasteiger partial charge in [-0.2, -0.15) is 0 Å². The van der Waals surface area contributed by atoms with Gasteiger partial charge in [-0.1, -0.05) is 97.0 Å². The van der Waals surface area contributed by atoms with E-state index in [2.05, 4.69) is 0 Å². The van der Waals surface area contributed by atoms with Crippen molar-refractivity contribution in [1.82, 2.24) is 4.90 Å². The van der Waals surface area contributed by atoms with E-state index in [-0.39, 0.29) is 54.3 Å². The number of aromatic hydroxyl groups is 1. The summed E-state index contributed by atoms with van der Waals surface area (Å²) >= 11 is 0. The Morgan fingerprint density at radius 3 is 2.37 bits per heavy atom. The van der Waals surface area contributed by atoms with Gasteiger partial charge in [0.25, 0.3) is 0 Å². The number of amides is 2. The van der Waals surface area contributed by atoms with Crippen LogP contribution in [0.5, 0.6) is 11.5 Å². The molecule has 1 aliphatic heterocycles. The average molecular weight is 700 g/mol. The monoisotopic (exact) mass is 699 g/mol. The molecule has 2 fully saturated rings. The predicted octanol–water partition coefficient (Wildman–Crippen LogP) is 6.42. The van der Waals surface area contributed by atoms with Crippen LogP contribution < -0.4 is 4.74 Å². The second-order valence-corrected chi connectivity index (χ2v) is 14.2. The highest BCUT2D eigenvalue weighted by Gasteiger charge is 2.65. The number of phenols is 1. The summed E-state index contributed by atoms with van der Waals surface area (Å²) in [7, 11) is 1.47. The number of rotatable bonds is 11. The predicted molar refractivity (Wildman–Crippen MR) is 194 cm³/mol. The third kappa shape index (κ3) is 5.88. The van der Waals surface area contributed by atoms with Crippen molar-refractivity contribution in [2.75, 3.05) is 13.7 Å². The molecule has 3 aromatic rings. The number of methoxy groups -OCH3 is 1. The van der Waals surface area contributed by atoms with E-state index in [1.54, 1.807) is 12.1 Å². The molecule has 1 saturated heterocycles. The molecular weight excluding hydrogens is 658 g/mol. The van der Waals surface area contributed by atoms with Gasteiger partial charge in [-0.15, -0.1) is 0 Å². The Morgan fingerprint density at radius 1 is 0.923 bits per heavy atom. The van der Waals surface area contributed by atoms with Gasteiger partial charge in [0, 0.05) is 30.4 Å². The number of Topliss-reactive ketones (excluding diaryl/α,β-unsaturated/α-hetero) is 1. The Balaban J connectivity index is 1.35. The summed E-state index contributed by atoms with van der Waals surface area (Å²) in [5.74, 6) is -4.67. The van der Waals surface area contributed by atoms with Crippen LogP contribution in [0.15, 0.2) is 103 Å². The fourth-order valence-corrected chi connectivity index (χ4v) is 9.14. The summed E-state index contributed by atoms with van der Waals surface area (Å²) in [6.07, 6.45) is 9.46. The fourth-order valence-electron chi connectivity index (χ4n) is 9.14. The highest BCUT2D eigenvalue weighted by Crippen LogP contribution is 2.61. The molecule has 7 rings (SSSR count). The number of ketones is 2. The molecule has 0 aromatic heterocycles. The van der Waals surface area contributed by atoms with Crippen molar-refractivity contribution in [1.29, 1.82) is 0 Å². The number of allylic oxidation sites excluding steroid dienone is 5. The number of nitrogens with zero attached hydrogens (tertiary/aromatic N) is 1. The van der Waals surface area contributed by atoms with Crippen LogP contribution in [0.4, 0.5) is 0 Å². The molecule has 1 heterocycles. The van der Waals surface area contributed by atoms with Crippen LogP contribution in [0.25, 0.3) is 11.6 Å². The standard InChI is InChI=1S/C43H41NO8/c1-52-36-23-26(17-21-35(36)45)16-20-33-29-18-19-30-39(42(51)44(41(30)50)22-10-4-9-15-38(47)48)32(29)24-34-40(49)31(27-11-5-2-6-12-27)25-37(46)43(33,34)28-13-7-3-8-14-28/h2-3,5-8,11-14,16-18,20-21,23,25,30,32-34,39,45H,4,9-10,15,19,22,24H2,1H3,(H,47,48)/t30-,32+,33-,34-,39-,43-/m0/s1. The number of carboxylic acids is 1. The molecule has 3 aliphatic carbocycles. The largest absolute Gasteiger partial charge is 0.504 e. The number of phenolic OH excluding ortho intramolecular Hbond substituents is 1. The van der Waals surface area contributed by atoms with E-state index in [9.17, 15) is 24.3 Å². The number of imide groups is 1. The molecule has 2 amide bonds. The number of carbonyl (C=O) groups excluding carboxylic acids is 4. The van der Waals surface area contributed by atoms with Crippen molar-refractivity contribution in [2.45, 2.75) is 43.9 Å². The van der Waals surface area contributed by atoms with E-state index >= 15 is 4.79 Å². The van der Waals surface area contributed by atoms with Gasteiger partial charge in [-0.25, -0.2) is 0 Å². The molecule has 4 aliphatic rings. The molecule has 3 aromatic carbocycles. The number of benzene rings is 3. The summed E-state index contributed by atoms with van der Waals surface area (Å²) in [4.78, 5) is 70.4. The van der Waals surface area contributed by atoms with Crippen molar-refractivity contribution < 1.29 is 38.9 Å². The van der Waals surface area contributed by atoms with E-state index in [0.717, 1.165) is 5.57 Å². The first-order chi connectivity index (χ1) is 25.2. The van der Waals surface area contributed by atoms with Gasteiger partial charge in [0.1, 0.15) is 0 Å². The quantitative estimate of drug-likeness (QED) is 0.133. The smallest absolute Gasteiger partial charge is 0.303 e. The molecule has 0 radical (unpaired) electrons. The molecule has 0 bridgehead atoms. The van der Waals surface area contributed by atoms with Gasteiger partial charge < -0.3 is 14.9 Å². The second kappa shape index (κ2) is 14.2. The number of carboxylic acid groups (broad SMARTS) is 1. The highest BCUT2D eigenvalue weighted by atomic mass is 16.5. The van der Waals surface area contributed by atoms with Crippen LogP contribution >= 0.6 is 0 Å². The number of aliphatic carboxylic acids is 1. The third-order valence-electron chi connectivity index (χ3n) is 11.5. The number of likely N-dealkylation sites (tertiary alicyclic amines) is 1. The molecule has 0 unspecified atom stereocenters.